The van der Waals surface area contributed by atoms with E-state index in [0.29, 0.717) is 31.3 Å². The van der Waals surface area contributed by atoms with Gasteiger partial charge in [-0.1, -0.05) is 30.3 Å². The minimum Gasteiger partial charge on any atom is -0.439 e. The molecular formula is C28H27FN4O2. The van der Waals surface area contributed by atoms with Crippen molar-refractivity contribution in [1.82, 2.24) is 19.4 Å². The van der Waals surface area contributed by atoms with Crippen molar-refractivity contribution in [2.75, 3.05) is 13.1 Å². The van der Waals surface area contributed by atoms with Gasteiger partial charge in [-0.2, -0.15) is 0 Å². The zero-order chi connectivity index (χ0) is 24.2. The minimum atomic E-state index is -0.358. The third kappa shape index (κ3) is 5.24. The SMILES string of the molecule is Cc1nccn1Cc1ccccc1C(=O)N1CCCC(c2cccc(Oc3cccc(F)c3)n2)C1. The van der Waals surface area contributed by atoms with Crippen molar-refractivity contribution in [1.29, 1.82) is 0 Å². The molecule has 1 unspecified atom stereocenters. The average Bonchev–Trinajstić information content (AvgIpc) is 3.28. The number of aromatic nitrogens is 3. The van der Waals surface area contributed by atoms with E-state index in [4.69, 9.17) is 4.74 Å². The van der Waals surface area contributed by atoms with E-state index in [-0.39, 0.29) is 17.6 Å². The maximum absolute atomic E-state index is 13.6. The van der Waals surface area contributed by atoms with Gasteiger partial charge in [-0.05, 0) is 49.6 Å². The Balaban J connectivity index is 1.32. The number of nitrogens with zero attached hydrogens (tertiary/aromatic N) is 4. The Morgan fingerprint density at radius 3 is 2.80 bits per heavy atom. The fourth-order valence-corrected chi connectivity index (χ4v) is 4.56. The van der Waals surface area contributed by atoms with Gasteiger partial charge in [0.15, 0.2) is 0 Å². The summed E-state index contributed by atoms with van der Waals surface area (Å²) in [6, 6.07) is 19.4. The van der Waals surface area contributed by atoms with Gasteiger partial charge in [0, 0.05) is 61.3 Å². The maximum Gasteiger partial charge on any atom is 0.254 e. The normalized spacial score (nSPS) is 15.7. The number of hydrogen-bond donors (Lipinski definition) is 0. The minimum absolute atomic E-state index is 0.0373. The predicted molar refractivity (Wildman–Crippen MR) is 131 cm³/mol. The molecule has 0 N–H and O–H groups in total. The van der Waals surface area contributed by atoms with E-state index in [2.05, 4.69) is 9.97 Å². The molecule has 1 aliphatic heterocycles. The summed E-state index contributed by atoms with van der Waals surface area (Å²) in [4.78, 5) is 24.5. The molecule has 1 saturated heterocycles. The van der Waals surface area contributed by atoms with Gasteiger partial charge in [-0.25, -0.2) is 14.4 Å². The highest BCUT2D eigenvalue weighted by molar-refractivity contribution is 5.95. The molecule has 1 aliphatic rings. The van der Waals surface area contributed by atoms with Crippen molar-refractivity contribution in [3.05, 3.63) is 108 Å². The molecule has 2 aromatic carbocycles. The molecule has 0 spiro atoms. The Morgan fingerprint density at radius 1 is 1.11 bits per heavy atom. The van der Waals surface area contributed by atoms with Crippen LogP contribution in [0.5, 0.6) is 11.6 Å². The summed E-state index contributed by atoms with van der Waals surface area (Å²) < 4.78 is 21.3. The molecule has 35 heavy (non-hydrogen) atoms. The van der Waals surface area contributed by atoms with E-state index in [1.54, 1.807) is 24.4 Å². The number of amides is 1. The molecule has 2 aromatic heterocycles. The summed E-state index contributed by atoms with van der Waals surface area (Å²) >= 11 is 0. The number of piperidine rings is 1. The lowest BCUT2D eigenvalue weighted by Gasteiger charge is -2.33. The Kier molecular flexibility index (Phi) is 6.57. The molecule has 4 aromatic rings. The molecule has 1 fully saturated rings. The molecule has 0 saturated carbocycles. The molecular weight excluding hydrogens is 443 g/mol. The number of likely N-dealkylation sites (tertiary alicyclic amines) is 1. The molecule has 7 heteroatoms. The number of carbonyl (C=O) groups excluding carboxylic acids is 1. The highest BCUT2D eigenvalue weighted by atomic mass is 19.1. The zero-order valence-electron chi connectivity index (χ0n) is 19.6. The quantitative estimate of drug-likeness (QED) is 0.369. The molecule has 0 aliphatic carbocycles. The second kappa shape index (κ2) is 10.1. The lowest BCUT2D eigenvalue weighted by molar-refractivity contribution is 0.0704. The van der Waals surface area contributed by atoms with Crippen LogP contribution in [0.3, 0.4) is 0 Å². The van der Waals surface area contributed by atoms with Crippen LogP contribution in [0, 0.1) is 12.7 Å². The number of ether oxygens (including phenoxy) is 1. The van der Waals surface area contributed by atoms with E-state index >= 15 is 0 Å². The number of imidazole rings is 1. The standard InChI is InChI=1S/C28H27FN4O2/c1-20-30-14-16-32(20)18-21-7-2-3-11-25(21)28(34)33-15-6-8-22(19-33)26-12-5-13-27(31-26)35-24-10-4-9-23(29)17-24/h2-5,7,9-14,16-17,22H,6,8,15,18-19H2,1H3. The van der Waals surface area contributed by atoms with Crippen LogP contribution in [0.15, 0.2) is 79.1 Å². The first-order valence-electron chi connectivity index (χ1n) is 11.8. The summed E-state index contributed by atoms with van der Waals surface area (Å²) in [6.07, 6.45) is 5.54. The lowest BCUT2D eigenvalue weighted by Crippen LogP contribution is -2.39. The van der Waals surface area contributed by atoms with Crippen LogP contribution in [0.2, 0.25) is 0 Å². The van der Waals surface area contributed by atoms with Crippen molar-refractivity contribution >= 4 is 5.91 Å². The van der Waals surface area contributed by atoms with Gasteiger partial charge in [0.1, 0.15) is 17.4 Å². The third-order valence-electron chi connectivity index (χ3n) is 6.40. The van der Waals surface area contributed by atoms with Crippen LogP contribution in [-0.2, 0) is 6.54 Å². The largest absolute Gasteiger partial charge is 0.439 e. The first-order chi connectivity index (χ1) is 17.1. The van der Waals surface area contributed by atoms with Crippen molar-refractivity contribution in [3.63, 3.8) is 0 Å². The monoisotopic (exact) mass is 470 g/mol. The van der Waals surface area contributed by atoms with Gasteiger partial charge in [0.25, 0.3) is 5.91 Å². The van der Waals surface area contributed by atoms with E-state index in [1.165, 1.54) is 12.1 Å². The predicted octanol–water partition coefficient (Wildman–Crippen LogP) is 5.59. The molecule has 1 atom stereocenters. The number of hydrogen-bond acceptors (Lipinski definition) is 4. The second-order valence-corrected chi connectivity index (χ2v) is 8.81. The molecule has 1 amide bonds. The van der Waals surface area contributed by atoms with Crippen LogP contribution in [0.4, 0.5) is 4.39 Å². The fourth-order valence-electron chi connectivity index (χ4n) is 4.56. The van der Waals surface area contributed by atoms with Crippen molar-refractivity contribution in [2.24, 2.45) is 0 Å². The van der Waals surface area contributed by atoms with Crippen LogP contribution < -0.4 is 4.74 Å². The summed E-state index contributed by atoms with van der Waals surface area (Å²) in [7, 11) is 0. The molecule has 0 radical (unpaired) electrons. The first kappa shape index (κ1) is 22.8. The zero-order valence-corrected chi connectivity index (χ0v) is 19.6. The van der Waals surface area contributed by atoms with E-state index < -0.39 is 0 Å². The Morgan fingerprint density at radius 2 is 1.97 bits per heavy atom. The van der Waals surface area contributed by atoms with E-state index in [1.807, 2.05) is 59.0 Å². The van der Waals surface area contributed by atoms with Crippen molar-refractivity contribution < 1.29 is 13.9 Å². The number of rotatable bonds is 6. The highest BCUT2D eigenvalue weighted by Crippen LogP contribution is 2.29. The molecule has 178 valence electrons. The lowest BCUT2D eigenvalue weighted by atomic mass is 9.93. The van der Waals surface area contributed by atoms with Crippen LogP contribution >= 0.6 is 0 Å². The Labute approximate surface area is 204 Å². The fraction of sp³-hybridized carbons (Fsp3) is 0.250. The third-order valence-corrected chi connectivity index (χ3v) is 6.40. The van der Waals surface area contributed by atoms with Crippen LogP contribution in [0.1, 0.15) is 46.2 Å². The van der Waals surface area contributed by atoms with Crippen LogP contribution in [0.25, 0.3) is 0 Å². The molecule has 6 nitrogen and oxygen atoms in total. The van der Waals surface area contributed by atoms with Gasteiger partial charge in [0.2, 0.25) is 5.88 Å². The average molecular weight is 471 g/mol. The van der Waals surface area contributed by atoms with Crippen molar-refractivity contribution in [3.8, 4) is 11.6 Å². The number of halogens is 1. The summed E-state index contributed by atoms with van der Waals surface area (Å²) in [5.74, 6) is 1.51. The van der Waals surface area contributed by atoms with E-state index in [0.717, 1.165) is 35.5 Å². The van der Waals surface area contributed by atoms with Crippen molar-refractivity contribution in [2.45, 2.75) is 32.2 Å². The molecule has 3 heterocycles. The Bertz CT molecular complexity index is 1340. The molecule has 5 rings (SSSR count). The smallest absolute Gasteiger partial charge is 0.254 e. The van der Waals surface area contributed by atoms with Gasteiger partial charge in [-0.3, -0.25) is 4.79 Å². The van der Waals surface area contributed by atoms with Gasteiger partial charge >= 0.3 is 0 Å². The topological polar surface area (TPSA) is 60.2 Å². The summed E-state index contributed by atoms with van der Waals surface area (Å²) in [6.45, 7) is 3.87. The number of carbonyl (C=O) groups is 1. The first-order valence-corrected chi connectivity index (χ1v) is 11.8. The summed E-state index contributed by atoms with van der Waals surface area (Å²) in [5.41, 5.74) is 2.57. The number of aryl methyl sites for hydroxylation is 1. The summed E-state index contributed by atoms with van der Waals surface area (Å²) in [5, 5.41) is 0. The van der Waals surface area contributed by atoms with E-state index in [9.17, 15) is 9.18 Å². The maximum atomic E-state index is 13.6. The highest BCUT2D eigenvalue weighted by Gasteiger charge is 2.27. The van der Waals surface area contributed by atoms with Gasteiger partial charge in [0.05, 0.1) is 0 Å². The van der Waals surface area contributed by atoms with Gasteiger partial charge in [-0.15, -0.1) is 0 Å². The number of benzene rings is 2. The van der Waals surface area contributed by atoms with Crippen LogP contribution in [-0.4, -0.2) is 38.4 Å². The second-order valence-electron chi connectivity index (χ2n) is 8.81. The molecule has 0 bridgehead atoms. The van der Waals surface area contributed by atoms with Gasteiger partial charge < -0.3 is 14.2 Å². The Hall–Kier alpha value is -4.00. The number of pyridine rings is 1.